The molecular weight excluding hydrogens is 669 g/mol. The average Bonchev–Trinajstić information content (AvgIpc) is 3.87. The smallest absolute Gasteiger partial charge is 0.145 e. The highest BCUT2D eigenvalue weighted by atomic mass is 16.3. The number of aromatic nitrogens is 1. The molecule has 0 aliphatic carbocycles. The molecule has 0 N–H and O–H groups in total. The highest BCUT2D eigenvalue weighted by Crippen LogP contribution is 2.55. The van der Waals surface area contributed by atoms with Crippen molar-refractivity contribution in [1.29, 1.82) is 0 Å². The molecule has 0 fully saturated rings. The minimum absolute atomic E-state index is 0.0525. The van der Waals surface area contributed by atoms with Crippen LogP contribution in [0, 0.1) is 0 Å². The predicted molar refractivity (Wildman–Crippen MR) is 230 cm³/mol. The monoisotopic (exact) mass is 706 g/mol. The first-order valence-electron chi connectivity index (χ1n) is 19.1. The Bertz CT molecular complexity index is 3060. The maximum Gasteiger partial charge on any atom is 0.145 e. The van der Waals surface area contributed by atoms with Crippen molar-refractivity contribution in [2.45, 2.75) is 25.3 Å². The summed E-state index contributed by atoms with van der Waals surface area (Å²) in [6, 6.07) is 68.4. The van der Waals surface area contributed by atoms with Crippen LogP contribution in [0.3, 0.4) is 0 Å². The van der Waals surface area contributed by atoms with Gasteiger partial charge in [-0.15, -0.1) is 0 Å². The maximum absolute atomic E-state index is 6.51. The van der Waals surface area contributed by atoms with Gasteiger partial charge in [0.05, 0.1) is 22.5 Å². The largest absolute Gasteiger partial charge is 0.455 e. The fraction of sp³-hybridized carbons (Fsp3) is 0.0769. The zero-order valence-electron chi connectivity index (χ0n) is 30.8. The number of para-hydroxylation sites is 3. The van der Waals surface area contributed by atoms with Crippen LogP contribution in [0.4, 0.5) is 11.4 Å². The maximum atomic E-state index is 6.51. The fourth-order valence-electron chi connectivity index (χ4n) is 9.34. The van der Waals surface area contributed by atoms with Gasteiger partial charge in [-0.2, -0.15) is 0 Å². The van der Waals surface area contributed by atoms with Crippen molar-refractivity contribution in [1.82, 2.24) is 4.57 Å². The summed E-state index contributed by atoms with van der Waals surface area (Å²) in [4.78, 5) is 2.53. The summed E-state index contributed by atoms with van der Waals surface area (Å²) < 4.78 is 8.87. The first kappa shape index (κ1) is 31.7. The van der Waals surface area contributed by atoms with E-state index in [2.05, 4.69) is 205 Å². The Morgan fingerprint density at radius 2 is 1.11 bits per heavy atom. The van der Waals surface area contributed by atoms with Gasteiger partial charge in [0.15, 0.2) is 0 Å². The molecule has 1 unspecified atom stereocenters. The number of nitrogens with zero attached hydrogens (tertiary/aromatic N) is 2. The van der Waals surface area contributed by atoms with Gasteiger partial charge in [-0.25, -0.2) is 0 Å². The van der Waals surface area contributed by atoms with E-state index in [4.69, 9.17) is 4.42 Å². The Morgan fingerprint density at radius 3 is 1.87 bits per heavy atom. The van der Waals surface area contributed by atoms with E-state index >= 15 is 0 Å². The summed E-state index contributed by atoms with van der Waals surface area (Å²) >= 11 is 0. The normalized spacial score (nSPS) is 15.0. The van der Waals surface area contributed by atoms with Gasteiger partial charge in [0, 0.05) is 38.6 Å². The number of hydrogen-bond acceptors (Lipinski definition) is 2. The summed E-state index contributed by atoms with van der Waals surface area (Å²) in [6.07, 6.45) is 0. The lowest BCUT2D eigenvalue weighted by Gasteiger charge is -2.35. The molecule has 1 aliphatic heterocycles. The molecule has 3 heteroatoms. The molecule has 2 aromatic heterocycles. The summed E-state index contributed by atoms with van der Waals surface area (Å²) in [5, 5.41) is 4.65. The lowest BCUT2D eigenvalue weighted by molar-refractivity contribution is 0.449. The van der Waals surface area contributed by atoms with E-state index < -0.39 is 0 Å². The summed E-state index contributed by atoms with van der Waals surface area (Å²) in [7, 11) is 0. The van der Waals surface area contributed by atoms with Gasteiger partial charge in [0.25, 0.3) is 0 Å². The third kappa shape index (κ3) is 4.83. The van der Waals surface area contributed by atoms with Crippen LogP contribution in [0.2, 0.25) is 0 Å². The molecule has 3 heterocycles. The second-order valence-electron chi connectivity index (χ2n) is 15.4. The third-order valence-electron chi connectivity index (χ3n) is 11.9. The zero-order valence-corrected chi connectivity index (χ0v) is 30.8. The zero-order chi connectivity index (χ0) is 36.7. The van der Waals surface area contributed by atoms with Crippen LogP contribution in [0.15, 0.2) is 192 Å². The molecule has 0 amide bonds. The molecule has 0 spiro atoms. The Labute approximate surface area is 320 Å². The topological polar surface area (TPSA) is 21.3 Å². The van der Waals surface area contributed by atoms with E-state index in [1.54, 1.807) is 0 Å². The molecule has 8 aromatic carbocycles. The van der Waals surface area contributed by atoms with Crippen molar-refractivity contribution in [3.63, 3.8) is 0 Å². The number of furan rings is 1. The number of rotatable bonds is 5. The van der Waals surface area contributed by atoms with E-state index in [1.165, 1.54) is 55.7 Å². The fourth-order valence-corrected chi connectivity index (χ4v) is 9.34. The van der Waals surface area contributed by atoms with Gasteiger partial charge in [-0.1, -0.05) is 141 Å². The molecule has 0 saturated heterocycles. The predicted octanol–water partition coefficient (Wildman–Crippen LogP) is 14.2. The lowest BCUT2D eigenvalue weighted by Crippen LogP contribution is -2.30. The van der Waals surface area contributed by atoms with Gasteiger partial charge >= 0.3 is 0 Å². The van der Waals surface area contributed by atoms with E-state index in [0.717, 1.165) is 38.5 Å². The van der Waals surface area contributed by atoms with Crippen LogP contribution in [0.25, 0.3) is 71.7 Å². The quantitative estimate of drug-likeness (QED) is 0.178. The molecule has 0 bridgehead atoms. The van der Waals surface area contributed by atoms with Crippen molar-refractivity contribution >= 4 is 55.1 Å². The van der Waals surface area contributed by atoms with Crippen molar-refractivity contribution in [3.05, 3.63) is 199 Å². The standard InChI is InChI=1S/C52H38N2O/c1-52(2)44-19-8-10-21-46(44)54(51(52)36-13-4-3-5-14-36)40-29-25-35(26-30-40)38-16-12-15-37(33-38)34-23-27-39(28-24-34)53-45-20-9-6-18-43(45)49-47(53)32-31-42-41-17-7-11-22-48(41)55-50(42)49/h3-33,51H,1-2H3. The third-order valence-corrected chi connectivity index (χ3v) is 11.9. The van der Waals surface area contributed by atoms with Crippen LogP contribution < -0.4 is 4.90 Å². The van der Waals surface area contributed by atoms with Gasteiger partial charge in [-0.05, 0) is 94.0 Å². The molecule has 0 saturated carbocycles. The van der Waals surface area contributed by atoms with Crippen molar-refractivity contribution < 1.29 is 4.42 Å². The first-order chi connectivity index (χ1) is 27.0. The van der Waals surface area contributed by atoms with E-state index in [9.17, 15) is 0 Å². The molecule has 262 valence electrons. The second-order valence-corrected chi connectivity index (χ2v) is 15.4. The van der Waals surface area contributed by atoms with Gasteiger partial charge < -0.3 is 13.9 Å². The van der Waals surface area contributed by atoms with Crippen LogP contribution in [-0.2, 0) is 5.41 Å². The highest BCUT2D eigenvalue weighted by Gasteiger charge is 2.45. The average molecular weight is 707 g/mol. The van der Waals surface area contributed by atoms with Crippen molar-refractivity contribution in [2.75, 3.05) is 4.90 Å². The van der Waals surface area contributed by atoms with Crippen molar-refractivity contribution in [3.8, 4) is 27.9 Å². The summed E-state index contributed by atoms with van der Waals surface area (Å²) in [6.45, 7) is 4.75. The SMILES string of the molecule is CC1(C)c2ccccc2N(c2ccc(-c3cccc(-c4ccc(-n5c6ccccc6c6c7oc8ccccc8c7ccc65)cc4)c3)cc2)C1c1ccccc1. The molecule has 0 radical (unpaired) electrons. The molecule has 55 heavy (non-hydrogen) atoms. The van der Waals surface area contributed by atoms with Crippen molar-refractivity contribution in [2.24, 2.45) is 0 Å². The van der Waals surface area contributed by atoms with E-state index in [1.807, 2.05) is 6.07 Å². The number of hydrogen-bond donors (Lipinski definition) is 0. The molecule has 11 rings (SSSR count). The second kappa shape index (κ2) is 12.1. The van der Waals surface area contributed by atoms with Gasteiger partial charge in [0.2, 0.25) is 0 Å². The van der Waals surface area contributed by atoms with Crippen LogP contribution in [-0.4, -0.2) is 4.57 Å². The van der Waals surface area contributed by atoms with E-state index in [-0.39, 0.29) is 11.5 Å². The van der Waals surface area contributed by atoms with Crippen LogP contribution >= 0.6 is 0 Å². The molecular formula is C52H38N2O. The minimum Gasteiger partial charge on any atom is -0.455 e. The van der Waals surface area contributed by atoms with Crippen LogP contribution in [0.1, 0.15) is 31.0 Å². The number of fused-ring (bicyclic) bond motifs is 8. The van der Waals surface area contributed by atoms with Gasteiger partial charge in [-0.3, -0.25) is 0 Å². The Hall–Kier alpha value is -6.84. The summed E-state index contributed by atoms with van der Waals surface area (Å²) in [5.74, 6) is 0. The Morgan fingerprint density at radius 1 is 0.473 bits per heavy atom. The molecule has 3 nitrogen and oxygen atoms in total. The number of anilines is 2. The van der Waals surface area contributed by atoms with Crippen LogP contribution in [0.5, 0.6) is 0 Å². The number of benzene rings is 8. The molecule has 1 atom stereocenters. The Kier molecular flexibility index (Phi) is 6.96. The van der Waals surface area contributed by atoms with E-state index in [0.29, 0.717) is 0 Å². The Balaban J connectivity index is 0.935. The van der Waals surface area contributed by atoms with Gasteiger partial charge in [0.1, 0.15) is 11.2 Å². The highest BCUT2D eigenvalue weighted by molar-refractivity contribution is 6.23. The summed E-state index contributed by atoms with van der Waals surface area (Å²) in [5.41, 5.74) is 15.2. The first-order valence-corrected chi connectivity index (χ1v) is 19.1. The minimum atomic E-state index is -0.0525. The lowest BCUT2D eigenvalue weighted by atomic mass is 9.77. The molecule has 10 aromatic rings. The molecule has 1 aliphatic rings.